The molecule has 2 aliphatic rings. The second-order valence-corrected chi connectivity index (χ2v) is 21.2. The molecular weight excluding hydrogens is 717 g/mol. The topological polar surface area (TPSA) is 171 Å². The minimum atomic E-state index is -3.61. The van der Waals surface area contributed by atoms with Crippen LogP contribution in [0.3, 0.4) is 0 Å². The highest BCUT2D eigenvalue weighted by molar-refractivity contribution is 7.92. The monoisotopic (exact) mass is 777 g/mol. The van der Waals surface area contributed by atoms with Gasteiger partial charge in [0, 0.05) is 19.0 Å². The number of carbonyl (C=O) groups excluding carboxylic acids is 5. The zero-order valence-corrected chi connectivity index (χ0v) is 34.2. The number of amides is 5. The Hall–Kier alpha value is -2.38. The van der Waals surface area contributed by atoms with E-state index in [0.29, 0.717) is 12.8 Å². The van der Waals surface area contributed by atoms with Crippen molar-refractivity contribution >= 4 is 62.6 Å². The molecule has 51 heavy (non-hydrogen) atoms. The van der Waals surface area contributed by atoms with Gasteiger partial charge in [-0.05, 0) is 65.2 Å². The molecule has 292 valence electrons. The van der Waals surface area contributed by atoms with E-state index < -0.39 is 83.5 Å². The van der Waals surface area contributed by atoms with Gasteiger partial charge < -0.3 is 26.2 Å². The lowest BCUT2D eigenvalue weighted by Gasteiger charge is -2.42. The number of alkyl halides is 2. The Balaban J connectivity index is 2.43. The molecule has 0 saturated heterocycles. The lowest BCUT2D eigenvalue weighted by Crippen LogP contribution is -2.64. The molecule has 5 amide bonds. The van der Waals surface area contributed by atoms with Crippen LogP contribution in [-0.2, 0) is 29.0 Å². The minimum absolute atomic E-state index is 0.0817. The number of halogens is 2. The maximum absolute atomic E-state index is 14.6. The summed E-state index contributed by atoms with van der Waals surface area (Å²) in [5, 5.41) is 11.0. The third-order valence-corrected chi connectivity index (χ3v) is 13.5. The molecular formula is C36H61Cl2N5O7S. The van der Waals surface area contributed by atoms with Crippen LogP contribution in [0.25, 0.3) is 0 Å². The molecule has 0 bridgehead atoms. The molecule has 2 aliphatic carbocycles. The number of nitrogens with zero attached hydrogens (tertiary/aromatic N) is 1. The summed E-state index contributed by atoms with van der Waals surface area (Å²) in [6, 6.07) is -4.14. The summed E-state index contributed by atoms with van der Waals surface area (Å²) in [5.74, 6) is -3.49. The number of carbonyl (C=O) groups is 5. The smallest absolute Gasteiger partial charge is 0.315 e. The highest BCUT2D eigenvalue weighted by atomic mass is 35.5. The summed E-state index contributed by atoms with van der Waals surface area (Å²) < 4.78 is 24.3. The van der Waals surface area contributed by atoms with Gasteiger partial charge in [-0.2, -0.15) is 0 Å². The summed E-state index contributed by atoms with van der Waals surface area (Å²) in [4.78, 5) is 69.2. The molecule has 2 fully saturated rings. The summed E-state index contributed by atoms with van der Waals surface area (Å²) in [7, 11) is -3.61. The third kappa shape index (κ3) is 13.2. The first-order valence-corrected chi connectivity index (χ1v) is 20.4. The largest absolute Gasteiger partial charge is 0.346 e. The van der Waals surface area contributed by atoms with Gasteiger partial charge in [-0.1, -0.05) is 65.9 Å². The van der Waals surface area contributed by atoms with Gasteiger partial charge in [0.2, 0.25) is 17.6 Å². The van der Waals surface area contributed by atoms with Crippen molar-refractivity contribution in [1.82, 2.24) is 26.2 Å². The first kappa shape index (κ1) is 44.8. The molecule has 0 radical (unpaired) electrons. The number of Topliss-reactive ketones (excluding diaryl/α,β-unsaturated/α-hetero) is 1. The first-order valence-electron chi connectivity index (χ1n) is 18.0. The number of ketones is 1. The van der Waals surface area contributed by atoms with Crippen molar-refractivity contribution in [2.24, 2.45) is 17.3 Å². The van der Waals surface area contributed by atoms with Crippen LogP contribution in [-0.4, -0.2) is 94.4 Å². The molecule has 12 nitrogen and oxygen atoms in total. The number of nitrogens with one attached hydrogen (secondary N) is 4. The molecule has 4 N–H and O–H groups in total. The number of urea groups is 1. The summed E-state index contributed by atoms with van der Waals surface area (Å²) >= 11 is 12.9. The van der Waals surface area contributed by atoms with Crippen LogP contribution in [0.1, 0.15) is 114 Å². The lowest BCUT2D eigenvalue weighted by atomic mass is 9.83. The number of rotatable bonds is 17. The summed E-state index contributed by atoms with van der Waals surface area (Å²) in [6.45, 7) is 18.5. The molecule has 0 heterocycles. The van der Waals surface area contributed by atoms with Crippen molar-refractivity contribution in [2.75, 3.05) is 18.8 Å². The molecule has 1 unspecified atom stereocenters. The minimum Gasteiger partial charge on any atom is -0.346 e. The van der Waals surface area contributed by atoms with E-state index in [0.717, 1.165) is 32.1 Å². The molecule has 0 aliphatic heterocycles. The Kier molecular flexibility index (Phi) is 15.5. The Labute approximate surface area is 315 Å². The number of sulfone groups is 1. The number of hydrogen-bond donors (Lipinski definition) is 4. The Bertz CT molecular complexity index is 1390. The standard InChI is InChI=1S/C36H61Cl2N5O7S/c1-11-19-39-30(46)27(44)26(20-25-15-16-25)40-29(45)24(3)43(21-23(2)35(10,37)38)31(47)28(33(4,5)6)41-32(48)42-36(17-13-12-14-18-36)22-51(49,50)34(7,8)9/h11,23-26,28H,1,12-22H2,2-10H3,(H,39,46)(H,40,45)(H2,41,42,48)/t23-,24+,26?,28-/m1/s1. The maximum Gasteiger partial charge on any atom is 0.315 e. The van der Waals surface area contributed by atoms with Crippen molar-refractivity contribution in [3.8, 4) is 0 Å². The van der Waals surface area contributed by atoms with Gasteiger partial charge in [0.15, 0.2) is 9.84 Å². The zero-order chi connectivity index (χ0) is 39.2. The quantitative estimate of drug-likeness (QED) is 0.0932. The van der Waals surface area contributed by atoms with Crippen LogP contribution in [0.2, 0.25) is 0 Å². The molecule has 2 rings (SSSR count). The van der Waals surface area contributed by atoms with Crippen LogP contribution in [0.4, 0.5) is 4.79 Å². The van der Waals surface area contributed by atoms with Gasteiger partial charge in [0.25, 0.3) is 5.91 Å². The van der Waals surface area contributed by atoms with Crippen molar-refractivity contribution < 1.29 is 32.4 Å². The molecule has 4 atom stereocenters. The molecule has 0 spiro atoms. The molecule has 0 aromatic carbocycles. The van der Waals surface area contributed by atoms with E-state index >= 15 is 0 Å². The zero-order valence-electron chi connectivity index (χ0n) is 31.9. The van der Waals surface area contributed by atoms with Gasteiger partial charge in [0.05, 0.1) is 22.1 Å². The van der Waals surface area contributed by atoms with Crippen molar-refractivity contribution in [3.63, 3.8) is 0 Å². The third-order valence-electron chi connectivity index (χ3n) is 9.97. The van der Waals surface area contributed by atoms with Crippen molar-refractivity contribution in [2.45, 2.75) is 146 Å². The molecule has 0 aromatic rings. The maximum atomic E-state index is 14.6. The van der Waals surface area contributed by atoms with E-state index in [1.54, 1.807) is 55.4 Å². The van der Waals surface area contributed by atoms with Gasteiger partial charge >= 0.3 is 6.03 Å². The van der Waals surface area contributed by atoms with Gasteiger partial charge in [0.1, 0.15) is 16.4 Å². The van der Waals surface area contributed by atoms with Gasteiger partial charge in [-0.3, -0.25) is 19.2 Å². The Morgan fingerprint density at radius 1 is 0.941 bits per heavy atom. The number of hydrogen-bond acceptors (Lipinski definition) is 7. The van der Waals surface area contributed by atoms with E-state index in [1.807, 2.05) is 0 Å². The Morgan fingerprint density at radius 3 is 1.98 bits per heavy atom. The average molecular weight is 779 g/mol. The van der Waals surface area contributed by atoms with Crippen molar-refractivity contribution in [3.05, 3.63) is 12.7 Å². The fourth-order valence-corrected chi connectivity index (χ4v) is 7.65. The average Bonchev–Trinajstić information content (AvgIpc) is 3.82. The predicted molar refractivity (Wildman–Crippen MR) is 202 cm³/mol. The highest BCUT2D eigenvalue weighted by Gasteiger charge is 2.45. The summed E-state index contributed by atoms with van der Waals surface area (Å²) in [6.07, 6.45) is 6.83. The lowest BCUT2D eigenvalue weighted by molar-refractivity contribution is -0.145. The fourth-order valence-electron chi connectivity index (χ4n) is 5.99. The fraction of sp³-hybridized carbons (Fsp3) is 0.806. The normalized spacial score (nSPS) is 19.0. The summed E-state index contributed by atoms with van der Waals surface area (Å²) in [5.41, 5.74) is -1.89. The van der Waals surface area contributed by atoms with Crippen molar-refractivity contribution in [1.29, 1.82) is 0 Å². The van der Waals surface area contributed by atoms with E-state index in [1.165, 1.54) is 17.9 Å². The first-order chi connectivity index (χ1) is 23.2. The Morgan fingerprint density at radius 2 is 1.51 bits per heavy atom. The van der Waals surface area contributed by atoms with Gasteiger partial charge in [-0.25, -0.2) is 13.2 Å². The van der Waals surface area contributed by atoms with Crippen LogP contribution < -0.4 is 21.3 Å². The second kappa shape index (κ2) is 17.6. The van der Waals surface area contributed by atoms with Crippen LogP contribution in [0.5, 0.6) is 0 Å². The predicted octanol–water partition coefficient (Wildman–Crippen LogP) is 4.82. The van der Waals surface area contributed by atoms with E-state index in [9.17, 15) is 32.4 Å². The molecule has 15 heteroatoms. The molecule has 0 aromatic heterocycles. The SMILES string of the molecule is C=CCNC(=O)C(=O)C(CC1CC1)NC(=O)[C@H](C)N(C[C@@H](C)C(C)(Cl)Cl)C(=O)[C@@H](NC(=O)NC1(CS(=O)(=O)C(C)(C)C)CCCCC1)C(C)(C)C. The molecule has 2 saturated carbocycles. The van der Waals surface area contributed by atoms with Crippen LogP contribution >= 0.6 is 23.2 Å². The van der Waals surface area contributed by atoms with Crippen LogP contribution in [0, 0.1) is 17.3 Å². The van der Waals surface area contributed by atoms with E-state index in [-0.39, 0.29) is 31.2 Å². The highest BCUT2D eigenvalue weighted by Crippen LogP contribution is 2.35. The van der Waals surface area contributed by atoms with Crippen LogP contribution in [0.15, 0.2) is 12.7 Å². The van der Waals surface area contributed by atoms with E-state index in [4.69, 9.17) is 23.2 Å². The van der Waals surface area contributed by atoms with Gasteiger partial charge in [-0.15, -0.1) is 29.8 Å². The van der Waals surface area contributed by atoms with E-state index in [2.05, 4.69) is 27.8 Å². The second-order valence-electron chi connectivity index (χ2n) is 16.7.